The molecule has 6 heteroatoms. The van der Waals surface area contributed by atoms with Crippen molar-refractivity contribution in [2.75, 3.05) is 6.54 Å². The van der Waals surface area contributed by atoms with Gasteiger partial charge in [0.1, 0.15) is 17.5 Å². The van der Waals surface area contributed by atoms with Crippen LogP contribution in [0, 0.1) is 0 Å². The molecule has 1 aliphatic heterocycles. The highest BCUT2D eigenvalue weighted by atomic mass is 16.5. The van der Waals surface area contributed by atoms with Gasteiger partial charge in [-0.05, 0) is 29.3 Å². The Morgan fingerprint density at radius 1 is 1.28 bits per heavy atom. The van der Waals surface area contributed by atoms with Crippen molar-refractivity contribution in [1.82, 2.24) is 20.1 Å². The Balaban J connectivity index is 1.46. The zero-order chi connectivity index (χ0) is 17.2. The van der Waals surface area contributed by atoms with Crippen LogP contribution in [-0.2, 0) is 13.5 Å². The first kappa shape index (κ1) is 15.4. The number of nitrogens with zero attached hydrogens (tertiary/aromatic N) is 3. The minimum absolute atomic E-state index is 0.0781. The van der Waals surface area contributed by atoms with E-state index in [1.807, 2.05) is 24.3 Å². The number of para-hydroxylation sites is 1. The molecule has 0 bridgehead atoms. The van der Waals surface area contributed by atoms with Gasteiger partial charge in [0.25, 0.3) is 5.91 Å². The minimum Gasteiger partial charge on any atom is -0.487 e. The number of nitrogens with one attached hydrogen (secondary N) is 1. The number of carbonyl (C=O) groups excluding carboxylic acids is 1. The van der Waals surface area contributed by atoms with Crippen LogP contribution in [0.15, 0.2) is 55.0 Å². The van der Waals surface area contributed by atoms with Gasteiger partial charge in [0, 0.05) is 37.6 Å². The van der Waals surface area contributed by atoms with E-state index < -0.39 is 0 Å². The normalized spacial score (nSPS) is 15.5. The lowest BCUT2D eigenvalue weighted by molar-refractivity contribution is 0.0928. The summed E-state index contributed by atoms with van der Waals surface area (Å²) in [4.78, 5) is 16.2. The summed E-state index contributed by atoms with van der Waals surface area (Å²) in [7, 11) is 1.79. The SMILES string of the molecule is Cn1ccc(C(=O)NC[C@@H]2Cc3cccc(-c4ccncc4)c3O2)n1. The second-order valence-corrected chi connectivity index (χ2v) is 6.06. The minimum atomic E-state index is -0.186. The summed E-state index contributed by atoms with van der Waals surface area (Å²) in [6.45, 7) is 0.444. The van der Waals surface area contributed by atoms with Crippen LogP contribution < -0.4 is 10.1 Å². The summed E-state index contributed by atoms with van der Waals surface area (Å²) in [5.74, 6) is 0.709. The first-order valence-corrected chi connectivity index (χ1v) is 8.17. The first-order chi connectivity index (χ1) is 12.2. The van der Waals surface area contributed by atoms with Crippen molar-refractivity contribution in [3.8, 4) is 16.9 Å². The molecule has 0 spiro atoms. The molecule has 3 heterocycles. The average Bonchev–Trinajstić information content (AvgIpc) is 3.26. The van der Waals surface area contributed by atoms with E-state index in [0.717, 1.165) is 28.9 Å². The highest BCUT2D eigenvalue weighted by Gasteiger charge is 2.26. The predicted molar refractivity (Wildman–Crippen MR) is 93.3 cm³/mol. The maximum absolute atomic E-state index is 12.1. The molecule has 1 amide bonds. The second kappa shape index (κ2) is 6.39. The molecule has 1 atom stereocenters. The summed E-state index contributed by atoms with van der Waals surface area (Å²) < 4.78 is 7.73. The Kier molecular flexibility index (Phi) is 3.93. The molecular formula is C19H18N4O2. The molecule has 2 aromatic heterocycles. The summed E-state index contributed by atoms with van der Waals surface area (Å²) in [6, 6.07) is 11.8. The maximum Gasteiger partial charge on any atom is 0.271 e. The van der Waals surface area contributed by atoms with Crippen molar-refractivity contribution in [2.45, 2.75) is 12.5 Å². The molecule has 0 aliphatic carbocycles. The number of hydrogen-bond acceptors (Lipinski definition) is 4. The smallest absolute Gasteiger partial charge is 0.271 e. The van der Waals surface area contributed by atoms with Gasteiger partial charge in [-0.25, -0.2) is 0 Å². The molecule has 126 valence electrons. The Labute approximate surface area is 145 Å². The van der Waals surface area contributed by atoms with E-state index >= 15 is 0 Å². The largest absolute Gasteiger partial charge is 0.487 e. The van der Waals surface area contributed by atoms with Crippen molar-refractivity contribution in [2.24, 2.45) is 7.05 Å². The number of ether oxygens (including phenoxy) is 1. The number of rotatable bonds is 4. The molecule has 4 rings (SSSR count). The summed E-state index contributed by atoms with van der Waals surface area (Å²) in [6.07, 6.45) is 5.99. The second-order valence-electron chi connectivity index (χ2n) is 6.06. The summed E-state index contributed by atoms with van der Waals surface area (Å²) in [5.41, 5.74) is 3.70. The molecule has 1 N–H and O–H groups in total. The fraction of sp³-hybridized carbons (Fsp3) is 0.211. The van der Waals surface area contributed by atoms with Crippen LogP contribution in [0.1, 0.15) is 16.1 Å². The number of aromatic nitrogens is 3. The van der Waals surface area contributed by atoms with Crippen LogP contribution in [0.25, 0.3) is 11.1 Å². The highest BCUT2D eigenvalue weighted by Crippen LogP contribution is 2.38. The molecule has 0 radical (unpaired) electrons. The Morgan fingerprint density at radius 3 is 2.88 bits per heavy atom. The molecule has 1 aliphatic rings. The van der Waals surface area contributed by atoms with Crippen molar-refractivity contribution in [3.05, 3.63) is 66.2 Å². The lowest BCUT2D eigenvalue weighted by Gasteiger charge is -2.13. The maximum atomic E-state index is 12.1. The van der Waals surface area contributed by atoms with Crippen molar-refractivity contribution in [1.29, 1.82) is 0 Å². The third kappa shape index (κ3) is 3.10. The quantitative estimate of drug-likeness (QED) is 0.794. The van der Waals surface area contributed by atoms with E-state index in [0.29, 0.717) is 12.2 Å². The fourth-order valence-electron chi connectivity index (χ4n) is 3.04. The van der Waals surface area contributed by atoms with E-state index in [1.165, 1.54) is 0 Å². The van der Waals surface area contributed by atoms with E-state index in [2.05, 4.69) is 21.5 Å². The molecule has 0 unspecified atom stereocenters. The van der Waals surface area contributed by atoms with Gasteiger partial charge in [-0.3, -0.25) is 14.5 Å². The van der Waals surface area contributed by atoms with E-state index in [4.69, 9.17) is 4.74 Å². The molecule has 0 saturated heterocycles. The number of hydrogen-bond donors (Lipinski definition) is 1. The molecular weight excluding hydrogens is 316 g/mol. The zero-order valence-electron chi connectivity index (χ0n) is 13.8. The molecule has 0 saturated carbocycles. The molecule has 0 fully saturated rings. The van der Waals surface area contributed by atoms with Crippen LogP contribution in [0.5, 0.6) is 5.75 Å². The van der Waals surface area contributed by atoms with Gasteiger partial charge in [-0.15, -0.1) is 0 Å². The van der Waals surface area contributed by atoms with E-state index in [1.54, 1.807) is 36.4 Å². The van der Waals surface area contributed by atoms with Crippen molar-refractivity contribution >= 4 is 5.91 Å². The Hall–Kier alpha value is -3.15. The van der Waals surface area contributed by atoms with Crippen LogP contribution in [0.3, 0.4) is 0 Å². The lowest BCUT2D eigenvalue weighted by atomic mass is 10.0. The fourth-order valence-corrected chi connectivity index (χ4v) is 3.04. The highest BCUT2D eigenvalue weighted by molar-refractivity contribution is 5.92. The number of benzene rings is 1. The third-order valence-corrected chi connectivity index (χ3v) is 4.26. The van der Waals surface area contributed by atoms with Crippen molar-refractivity contribution in [3.63, 3.8) is 0 Å². The molecule has 3 aromatic rings. The Morgan fingerprint density at radius 2 is 2.12 bits per heavy atom. The van der Waals surface area contributed by atoms with Crippen LogP contribution >= 0.6 is 0 Å². The van der Waals surface area contributed by atoms with Gasteiger partial charge < -0.3 is 10.1 Å². The summed E-state index contributed by atoms with van der Waals surface area (Å²) in [5, 5.41) is 7.01. The van der Waals surface area contributed by atoms with Gasteiger partial charge in [-0.2, -0.15) is 5.10 Å². The van der Waals surface area contributed by atoms with Gasteiger partial charge >= 0.3 is 0 Å². The number of amides is 1. The number of carbonyl (C=O) groups is 1. The average molecular weight is 334 g/mol. The third-order valence-electron chi connectivity index (χ3n) is 4.26. The lowest BCUT2D eigenvalue weighted by Crippen LogP contribution is -2.34. The monoisotopic (exact) mass is 334 g/mol. The Bertz CT molecular complexity index is 905. The number of aryl methyl sites for hydroxylation is 1. The standard InChI is InChI=1S/C19H18N4O2/c1-23-10-7-17(22-23)19(24)21-12-15-11-14-3-2-4-16(18(14)25-15)13-5-8-20-9-6-13/h2-10,15H,11-12H2,1H3,(H,21,24)/t15-/m0/s1. The number of pyridine rings is 1. The first-order valence-electron chi connectivity index (χ1n) is 8.17. The zero-order valence-corrected chi connectivity index (χ0v) is 13.8. The van der Waals surface area contributed by atoms with Gasteiger partial charge in [0.15, 0.2) is 0 Å². The summed E-state index contributed by atoms with van der Waals surface area (Å²) >= 11 is 0. The van der Waals surface area contributed by atoms with E-state index in [9.17, 15) is 4.79 Å². The predicted octanol–water partition coefficient (Wildman–Crippen LogP) is 2.22. The van der Waals surface area contributed by atoms with Crippen LogP contribution in [0.2, 0.25) is 0 Å². The molecule has 1 aromatic carbocycles. The van der Waals surface area contributed by atoms with Gasteiger partial charge in [0.2, 0.25) is 0 Å². The molecule has 6 nitrogen and oxygen atoms in total. The van der Waals surface area contributed by atoms with E-state index in [-0.39, 0.29) is 12.0 Å². The van der Waals surface area contributed by atoms with Crippen LogP contribution in [-0.4, -0.2) is 33.3 Å². The molecule has 25 heavy (non-hydrogen) atoms. The topological polar surface area (TPSA) is 69.0 Å². The van der Waals surface area contributed by atoms with Crippen LogP contribution in [0.4, 0.5) is 0 Å². The van der Waals surface area contributed by atoms with Crippen molar-refractivity contribution < 1.29 is 9.53 Å². The van der Waals surface area contributed by atoms with Gasteiger partial charge in [0.05, 0.1) is 6.54 Å². The number of fused-ring (bicyclic) bond motifs is 1. The van der Waals surface area contributed by atoms with Gasteiger partial charge in [-0.1, -0.05) is 18.2 Å².